The minimum Gasteiger partial charge on any atom is -0.457 e. The third-order valence-electron chi connectivity index (χ3n) is 7.68. The largest absolute Gasteiger partial charge is 0.457 e. The number of para-hydroxylation sites is 1. The van der Waals surface area contributed by atoms with Gasteiger partial charge in [-0.2, -0.15) is 0 Å². The molecule has 3 aromatic heterocycles. The lowest BCUT2D eigenvalue weighted by Crippen LogP contribution is -2.37. The summed E-state index contributed by atoms with van der Waals surface area (Å²) in [7, 11) is 0. The van der Waals surface area contributed by atoms with E-state index in [-0.39, 0.29) is 6.04 Å². The second-order valence-corrected chi connectivity index (χ2v) is 10.3. The normalized spacial score (nSPS) is 19.4. The van der Waals surface area contributed by atoms with Gasteiger partial charge in [-0.15, -0.1) is 0 Å². The molecule has 0 aliphatic heterocycles. The molecular formula is C30H33N7O2. The molecule has 9 heteroatoms. The van der Waals surface area contributed by atoms with E-state index < -0.39 is 5.60 Å². The molecule has 0 atom stereocenters. The molecule has 9 nitrogen and oxygen atoms in total. The summed E-state index contributed by atoms with van der Waals surface area (Å²) in [4.78, 5) is 16.2. The first kappa shape index (κ1) is 25.1. The van der Waals surface area contributed by atoms with Crippen molar-refractivity contribution in [3.05, 3.63) is 85.3 Å². The van der Waals surface area contributed by atoms with E-state index >= 15 is 0 Å². The number of benzene rings is 2. The highest BCUT2D eigenvalue weighted by atomic mass is 16.5. The summed E-state index contributed by atoms with van der Waals surface area (Å²) in [6.45, 7) is 1.41. The maximum atomic E-state index is 11.2. The number of ether oxygens (including phenoxy) is 1. The van der Waals surface area contributed by atoms with Crippen molar-refractivity contribution in [3.63, 3.8) is 0 Å². The first-order chi connectivity index (χ1) is 19.1. The van der Waals surface area contributed by atoms with Gasteiger partial charge in [0.15, 0.2) is 0 Å². The van der Waals surface area contributed by atoms with E-state index in [0.717, 1.165) is 71.7 Å². The highest BCUT2D eigenvalue weighted by molar-refractivity contribution is 6.00. The average molecular weight is 524 g/mol. The van der Waals surface area contributed by atoms with Crippen LogP contribution in [0.1, 0.15) is 44.0 Å². The van der Waals surface area contributed by atoms with E-state index in [2.05, 4.69) is 36.0 Å². The Bertz CT molecular complexity index is 1510. The van der Waals surface area contributed by atoms with Gasteiger partial charge in [-0.25, -0.2) is 15.0 Å². The molecular weight excluding hydrogens is 490 g/mol. The van der Waals surface area contributed by atoms with Crippen LogP contribution in [0.2, 0.25) is 0 Å². The molecule has 5 N–H and O–H groups in total. The fourth-order valence-corrected chi connectivity index (χ4v) is 5.52. The van der Waals surface area contributed by atoms with E-state index in [9.17, 15) is 5.11 Å². The van der Waals surface area contributed by atoms with Crippen LogP contribution >= 0.6 is 0 Å². The number of nitrogens with two attached hydrogens (primary N) is 1. The summed E-state index contributed by atoms with van der Waals surface area (Å²) in [5, 5.41) is 15.5. The van der Waals surface area contributed by atoms with Crippen LogP contribution in [0.15, 0.2) is 79.5 Å². The first-order valence-electron chi connectivity index (χ1n) is 13.4. The van der Waals surface area contributed by atoms with Crippen molar-refractivity contribution < 1.29 is 9.84 Å². The Morgan fingerprint density at radius 1 is 1.03 bits per heavy atom. The molecule has 1 saturated carbocycles. The van der Waals surface area contributed by atoms with Gasteiger partial charge in [-0.05, 0) is 68.5 Å². The molecule has 0 unspecified atom stereocenters. The van der Waals surface area contributed by atoms with E-state index in [1.165, 1.54) is 6.33 Å². The Hall–Kier alpha value is -4.21. The lowest BCUT2D eigenvalue weighted by atomic mass is 9.80. The SMILES string of the molecule is Nc1ncnc2c1c(-c1ccc(Oc3ccccc3)cc1)cn2[C@H]1CC[C@@](O)(CCNCc2ncc[nH]2)CC1. The Kier molecular flexibility index (Phi) is 7.00. The standard InChI is InChI=1S/C30H33N7O2/c31-28-27-25(21-6-8-24(9-7-21)39-23-4-2-1-3-5-23)19-37(29(27)36-20-35-28)22-10-12-30(38,13-11-22)14-15-32-18-26-33-16-17-34-26/h1-9,16-17,19-20,22,32,38H,10-15,18H2,(H,33,34)(H2,31,35,36)/t22-,30-. The van der Waals surface area contributed by atoms with Gasteiger partial charge in [-0.3, -0.25) is 0 Å². The fraction of sp³-hybridized carbons (Fsp3) is 0.300. The van der Waals surface area contributed by atoms with Crippen molar-refractivity contribution in [2.45, 2.75) is 50.3 Å². The van der Waals surface area contributed by atoms with Crippen LogP contribution in [0, 0.1) is 0 Å². The Balaban J connectivity index is 1.16. The third kappa shape index (κ3) is 5.50. The van der Waals surface area contributed by atoms with Crippen LogP contribution in [0.5, 0.6) is 11.5 Å². The average Bonchev–Trinajstić information content (AvgIpc) is 3.62. The van der Waals surface area contributed by atoms with E-state index in [4.69, 9.17) is 10.5 Å². The fourth-order valence-electron chi connectivity index (χ4n) is 5.52. The highest BCUT2D eigenvalue weighted by Crippen LogP contribution is 2.41. The van der Waals surface area contributed by atoms with Crippen LogP contribution in [0.4, 0.5) is 5.82 Å². The molecule has 1 aliphatic carbocycles. The maximum Gasteiger partial charge on any atom is 0.146 e. The van der Waals surface area contributed by atoms with Gasteiger partial charge in [0.25, 0.3) is 0 Å². The third-order valence-corrected chi connectivity index (χ3v) is 7.68. The number of aromatic nitrogens is 5. The number of hydrogen-bond donors (Lipinski definition) is 4. The van der Waals surface area contributed by atoms with Gasteiger partial charge in [0, 0.05) is 30.2 Å². The lowest BCUT2D eigenvalue weighted by Gasteiger charge is -2.37. The van der Waals surface area contributed by atoms with Crippen LogP contribution in [0.3, 0.4) is 0 Å². The second kappa shape index (κ2) is 10.9. The zero-order valence-corrected chi connectivity index (χ0v) is 21.8. The smallest absolute Gasteiger partial charge is 0.146 e. The van der Waals surface area contributed by atoms with Gasteiger partial charge in [-0.1, -0.05) is 30.3 Å². The van der Waals surface area contributed by atoms with E-state index in [0.29, 0.717) is 18.8 Å². The summed E-state index contributed by atoms with van der Waals surface area (Å²) in [6.07, 6.45) is 11.2. The Morgan fingerprint density at radius 3 is 2.54 bits per heavy atom. The Labute approximate surface area is 227 Å². The summed E-state index contributed by atoms with van der Waals surface area (Å²) in [5.41, 5.74) is 8.56. The quantitative estimate of drug-likeness (QED) is 0.195. The second-order valence-electron chi connectivity index (χ2n) is 10.3. The molecule has 0 radical (unpaired) electrons. The van der Waals surface area contributed by atoms with Gasteiger partial charge >= 0.3 is 0 Å². The van der Waals surface area contributed by atoms with Crippen molar-refractivity contribution in [2.75, 3.05) is 12.3 Å². The summed E-state index contributed by atoms with van der Waals surface area (Å²) >= 11 is 0. The summed E-state index contributed by atoms with van der Waals surface area (Å²) < 4.78 is 8.19. The van der Waals surface area contributed by atoms with Crippen molar-refractivity contribution in [2.24, 2.45) is 0 Å². The monoisotopic (exact) mass is 523 g/mol. The van der Waals surface area contributed by atoms with Crippen LogP contribution < -0.4 is 15.8 Å². The van der Waals surface area contributed by atoms with Crippen molar-refractivity contribution in [1.82, 2.24) is 29.8 Å². The zero-order chi connectivity index (χ0) is 26.7. The molecule has 0 bridgehead atoms. The van der Waals surface area contributed by atoms with E-state index in [1.54, 1.807) is 6.20 Å². The van der Waals surface area contributed by atoms with Crippen LogP contribution in [-0.4, -0.2) is 41.8 Å². The van der Waals surface area contributed by atoms with Gasteiger partial charge in [0.2, 0.25) is 0 Å². The number of nitrogens with one attached hydrogen (secondary N) is 2. The first-order valence-corrected chi connectivity index (χ1v) is 13.4. The molecule has 6 rings (SSSR count). The number of aliphatic hydroxyl groups is 1. The molecule has 1 aliphatic rings. The number of nitrogen functional groups attached to an aromatic ring is 1. The predicted octanol–water partition coefficient (Wildman–Crippen LogP) is 5.22. The maximum absolute atomic E-state index is 11.2. The number of anilines is 1. The number of hydrogen-bond acceptors (Lipinski definition) is 7. The highest BCUT2D eigenvalue weighted by Gasteiger charge is 2.34. The number of H-pyrrole nitrogens is 1. The molecule has 0 spiro atoms. The van der Waals surface area contributed by atoms with Gasteiger partial charge in [0.05, 0.1) is 17.5 Å². The van der Waals surface area contributed by atoms with E-state index in [1.807, 2.05) is 60.8 Å². The van der Waals surface area contributed by atoms with Gasteiger partial charge < -0.3 is 30.4 Å². The molecule has 3 heterocycles. The van der Waals surface area contributed by atoms with Crippen LogP contribution in [0.25, 0.3) is 22.2 Å². The van der Waals surface area contributed by atoms with Crippen molar-refractivity contribution >= 4 is 16.9 Å². The van der Waals surface area contributed by atoms with Crippen molar-refractivity contribution in [3.8, 4) is 22.6 Å². The minimum atomic E-state index is -0.666. The van der Waals surface area contributed by atoms with Gasteiger partial charge in [0.1, 0.15) is 35.1 Å². The number of fused-ring (bicyclic) bond motifs is 1. The molecule has 5 aromatic rings. The predicted molar refractivity (Wildman–Crippen MR) is 151 cm³/mol. The summed E-state index contributed by atoms with van der Waals surface area (Å²) in [6, 6.07) is 18.0. The molecule has 1 fully saturated rings. The molecule has 200 valence electrons. The Morgan fingerprint density at radius 2 is 1.79 bits per heavy atom. The number of imidazole rings is 1. The number of nitrogens with zero attached hydrogens (tertiary/aromatic N) is 4. The zero-order valence-electron chi connectivity index (χ0n) is 21.8. The molecule has 39 heavy (non-hydrogen) atoms. The molecule has 0 amide bonds. The molecule has 0 saturated heterocycles. The lowest BCUT2D eigenvalue weighted by molar-refractivity contribution is -0.0139. The minimum absolute atomic E-state index is 0.229. The number of aromatic amines is 1. The molecule has 2 aromatic carbocycles. The number of rotatable bonds is 9. The van der Waals surface area contributed by atoms with Crippen LogP contribution in [-0.2, 0) is 6.54 Å². The summed E-state index contributed by atoms with van der Waals surface area (Å²) in [5.74, 6) is 2.93. The van der Waals surface area contributed by atoms with Crippen molar-refractivity contribution in [1.29, 1.82) is 0 Å². The topological polar surface area (TPSA) is 127 Å².